The molecule has 0 radical (unpaired) electrons. The Bertz CT molecular complexity index is 358. The summed E-state index contributed by atoms with van der Waals surface area (Å²) in [6, 6.07) is 0. The van der Waals surface area contributed by atoms with Crippen molar-refractivity contribution in [3.63, 3.8) is 0 Å². The number of likely N-dealkylation sites (N-methyl/N-ethyl adjacent to an activating group) is 2. The lowest BCUT2D eigenvalue weighted by Crippen LogP contribution is -3.00. The van der Waals surface area contributed by atoms with E-state index in [0.717, 1.165) is 41.6 Å². The molecular formula is C32H74ClN3O2. The molecule has 0 atom stereocenters. The summed E-state index contributed by atoms with van der Waals surface area (Å²) in [6.45, 7) is 11.9. The molecule has 38 heavy (non-hydrogen) atoms. The number of nitrogens with zero attached hydrogens (tertiary/aromatic N) is 2. The van der Waals surface area contributed by atoms with Crippen LogP contribution in [0.15, 0.2) is 0 Å². The lowest BCUT2D eigenvalue weighted by molar-refractivity contribution is -0.890. The van der Waals surface area contributed by atoms with Crippen molar-refractivity contribution in [1.29, 1.82) is 0 Å². The molecule has 236 valence electrons. The van der Waals surface area contributed by atoms with Crippen LogP contribution in [0.1, 0.15) is 136 Å². The van der Waals surface area contributed by atoms with Crippen molar-refractivity contribution in [1.82, 2.24) is 0 Å². The molecule has 0 aliphatic rings. The predicted octanol–water partition coefficient (Wildman–Crippen LogP) is 5.23. The second kappa shape index (κ2) is 35.1. The number of quaternary nitrogens is 2. The van der Waals surface area contributed by atoms with Crippen molar-refractivity contribution in [2.24, 2.45) is 0 Å². The van der Waals surface area contributed by atoms with Gasteiger partial charge in [-0.25, -0.2) is 0 Å². The third kappa shape index (κ3) is 43.2. The van der Waals surface area contributed by atoms with E-state index in [1.54, 1.807) is 0 Å². The number of nitrogens with one attached hydrogen (secondary N) is 1. The Morgan fingerprint density at radius 2 is 0.684 bits per heavy atom. The maximum atomic E-state index is 8.61. The van der Waals surface area contributed by atoms with Crippen molar-refractivity contribution in [2.45, 2.75) is 136 Å². The summed E-state index contributed by atoms with van der Waals surface area (Å²) in [6.07, 6.45) is 24.9. The molecule has 0 saturated heterocycles. The highest BCUT2D eigenvalue weighted by Crippen LogP contribution is 2.13. The first-order chi connectivity index (χ1) is 17.7. The molecule has 0 spiro atoms. The monoisotopic (exact) mass is 568 g/mol. The largest absolute Gasteiger partial charge is 1.00 e. The van der Waals surface area contributed by atoms with Crippen molar-refractivity contribution in [2.75, 3.05) is 74.1 Å². The van der Waals surface area contributed by atoms with E-state index in [-0.39, 0.29) is 12.4 Å². The minimum absolute atomic E-state index is 0. The first-order valence-electron chi connectivity index (χ1n) is 16.2. The van der Waals surface area contributed by atoms with Gasteiger partial charge in [0.15, 0.2) is 0 Å². The van der Waals surface area contributed by atoms with E-state index in [0.29, 0.717) is 19.8 Å². The molecule has 6 heteroatoms. The van der Waals surface area contributed by atoms with Gasteiger partial charge in [0, 0.05) is 0 Å². The van der Waals surface area contributed by atoms with Gasteiger partial charge in [-0.15, -0.1) is 0 Å². The molecule has 3 N–H and O–H groups in total. The molecule has 0 aliphatic carbocycles. The molecule has 0 saturated carbocycles. The fourth-order valence-electron chi connectivity index (χ4n) is 4.65. The molecule has 0 fully saturated rings. The third-order valence-corrected chi connectivity index (χ3v) is 7.10. The smallest absolute Gasteiger partial charge is 0.102 e. The Kier molecular flexibility index (Phi) is 41.7. The number of halogens is 1. The zero-order valence-corrected chi connectivity index (χ0v) is 28.1. The number of aliphatic hydroxyl groups is 2. The molecule has 0 aliphatic heterocycles. The average Bonchev–Trinajstić information content (AvgIpc) is 2.82. The highest BCUT2D eigenvalue weighted by Gasteiger charge is 2.11. The van der Waals surface area contributed by atoms with Crippen LogP contribution in [0, 0.1) is 0 Å². The molecule has 0 aromatic heterocycles. The molecule has 0 aromatic rings. The van der Waals surface area contributed by atoms with E-state index in [9.17, 15) is 0 Å². The van der Waals surface area contributed by atoms with Gasteiger partial charge in [0.05, 0.1) is 54.5 Å². The van der Waals surface area contributed by atoms with E-state index in [1.807, 2.05) is 0 Å². The Morgan fingerprint density at radius 1 is 0.421 bits per heavy atom. The molecule has 0 rings (SSSR count). The van der Waals surface area contributed by atoms with Crippen LogP contribution < -0.4 is 12.4 Å². The summed E-state index contributed by atoms with van der Waals surface area (Å²) in [4.78, 5) is 0. The van der Waals surface area contributed by atoms with Crippen LogP contribution in [-0.4, -0.2) is 93.3 Å². The van der Waals surface area contributed by atoms with Crippen LogP contribution in [0.3, 0.4) is 0 Å². The van der Waals surface area contributed by atoms with E-state index in [2.05, 4.69) is 49.0 Å². The normalized spacial score (nSPS) is 11.2. The number of aliphatic hydroxyl groups excluding tert-OH is 2. The average molecular weight is 568 g/mol. The number of hydrogen-bond acceptors (Lipinski definition) is 2. The number of hydrogen-bond donors (Lipinski definition) is 2. The molecule has 5 nitrogen and oxygen atoms in total. The maximum absolute atomic E-state index is 8.61. The minimum atomic E-state index is 0. The van der Waals surface area contributed by atoms with Crippen molar-refractivity contribution >= 4 is 0 Å². The van der Waals surface area contributed by atoms with Gasteiger partial charge in [-0.3, -0.25) is 0 Å². The maximum Gasteiger partial charge on any atom is 0.102 e. The van der Waals surface area contributed by atoms with Gasteiger partial charge in [-0.05, 0) is 12.8 Å². The Balaban J connectivity index is -0.000000255. The second-order valence-electron chi connectivity index (χ2n) is 12.3. The van der Waals surface area contributed by atoms with Gasteiger partial charge in [0.25, 0.3) is 0 Å². The van der Waals surface area contributed by atoms with Gasteiger partial charge in [-0.2, -0.15) is 6.54 Å². The predicted molar refractivity (Wildman–Crippen MR) is 167 cm³/mol. The zero-order chi connectivity index (χ0) is 28.7. The Labute approximate surface area is 247 Å². The zero-order valence-electron chi connectivity index (χ0n) is 27.3. The fraction of sp³-hybridized carbons (Fsp3) is 1.00. The summed E-state index contributed by atoms with van der Waals surface area (Å²) in [5.74, 6) is 0. The molecule has 0 heterocycles. The Morgan fingerprint density at radius 3 is 0.895 bits per heavy atom. The summed E-state index contributed by atoms with van der Waals surface area (Å²) in [7, 11) is 8.55. The first kappa shape index (κ1) is 45.1. The summed E-state index contributed by atoms with van der Waals surface area (Å²) >= 11 is 0. The third-order valence-electron chi connectivity index (χ3n) is 7.10. The topological polar surface area (TPSA) is 64.3 Å². The Hall–Kier alpha value is 0.0900. The first-order valence-corrected chi connectivity index (χ1v) is 16.2. The lowest BCUT2D eigenvalue weighted by atomic mass is 10.0. The highest BCUT2D eigenvalue weighted by molar-refractivity contribution is 4.53. The number of rotatable bonds is 24. The fourth-order valence-corrected chi connectivity index (χ4v) is 4.65. The minimum Gasteiger partial charge on any atom is -1.00 e. The second-order valence-corrected chi connectivity index (χ2v) is 12.3. The summed E-state index contributed by atoms with van der Waals surface area (Å²) < 4.78 is 1.88. The van der Waals surface area contributed by atoms with Gasteiger partial charge < -0.3 is 37.3 Å². The van der Waals surface area contributed by atoms with Crippen molar-refractivity contribution < 1.29 is 31.6 Å². The van der Waals surface area contributed by atoms with E-state index in [4.69, 9.17) is 15.9 Å². The van der Waals surface area contributed by atoms with Gasteiger partial charge in [0.2, 0.25) is 0 Å². The van der Waals surface area contributed by atoms with Gasteiger partial charge >= 0.3 is 0 Å². The summed E-state index contributed by atoms with van der Waals surface area (Å²) in [5, 5.41) is 17.2. The van der Waals surface area contributed by atoms with Crippen LogP contribution in [0.2, 0.25) is 0 Å². The van der Waals surface area contributed by atoms with Crippen LogP contribution in [0.5, 0.6) is 0 Å². The SMILES string of the molecule is CCCCCCCCCCCCCCCCCC[NH-].CCC[N+](C)(C)CCO.CCC[N+](C)(C)CCO.[Cl-]. The standard InChI is InChI=1S/C18H38N.2C7H18NO.ClH/c1-2-3-4-5-6-7-8-9-10-11-12-13-14-15-16-17-18-19;2*1-4-5-8(2,3)6-7-9;/h19H,2-18H2,1H3;2*9H,4-7H2,1-3H3;1H/q-1;2*+1;/p-1. The van der Waals surface area contributed by atoms with Gasteiger partial charge in [0.1, 0.15) is 13.1 Å². The quantitative estimate of drug-likeness (QED) is 0.124. The van der Waals surface area contributed by atoms with E-state index < -0.39 is 0 Å². The number of unbranched alkanes of at least 4 members (excludes halogenated alkanes) is 15. The van der Waals surface area contributed by atoms with Crippen molar-refractivity contribution in [3.05, 3.63) is 5.73 Å². The van der Waals surface area contributed by atoms with Crippen molar-refractivity contribution in [3.8, 4) is 0 Å². The van der Waals surface area contributed by atoms with Crippen LogP contribution in [0.25, 0.3) is 5.73 Å². The molecular weight excluding hydrogens is 494 g/mol. The van der Waals surface area contributed by atoms with E-state index >= 15 is 0 Å². The molecule has 0 amide bonds. The van der Waals surface area contributed by atoms with Crippen LogP contribution >= 0.6 is 0 Å². The molecule has 0 aromatic carbocycles. The summed E-state index contributed by atoms with van der Waals surface area (Å²) in [5.41, 5.74) is 7.08. The van der Waals surface area contributed by atoms with Crippen LogP contribution in [0.4, 0.5) is 0 Å². The molecule has 0 bridgehead atoms. The lowest BCUT2D eigenvalue weighted by Gasteiger charge is -2.28. The van der Waals surface area contributed by atoms with E-state index in [1.165, 1.54) is 109 Å². The van der Waals surface area contributed by atoms with Crippen LogP contribution in [-0.2, 0) is 0 Å². The molecule has 0 unspecified atom stereocenters. The van der Waals surface area contributed by atoms with Gasteiger partial charge in [-0.1, -0.05) is 124 Å². The highest BCUT2D eigenvalue weighted by atomic mass is 35.5.